The van der Waals surface area contributed by atoms with Crippen molar-refractivity contribution >= 4 is 46.2 Å². The zero-order chi connectivity index (χ0) is 32.1. The Morgan fingerprint density at radius 2 is 1.68 bits per heavy atom. The molecule has 4 rings (SSSR count). The maximum Gasteiger partial charge on any atom is 0.309 e. The van der Waals surface area contributed by atoms with Gasteiger partial charge in [-0.1, -0.05) is 111 Å². The van der Waals surface area contributed by atoms with Gasteiger partial charge in [-0.2, -0.15) is 0 Å². The van der Waals surface area contributed by atoms with E-state index >= 15 is 0 Å². The standard InChI is InChI=1S/C28H25Cl2NO2.C10H21F/c1-17-7-9-19(10-8-17)27-23-13-11-21(28(31-3)33-18(2)32)15-20(23)5-4-6-25(27)24-14-12-22(29)16-26(24)30;1-3-7-10(2)8-5-4-6-9-11/h7-16H,4-6H2,1-3H3;10H,3-9H2,1-2H3. The van der Waals surface area contributed by atoms with Crippen LogP contribution in [-0.2, 0) is 16.0 Å². The van der Waals surface area contributed by atoms with Crippen molar-refractivity contribution in [2.45, 2.75) is 85.5 Å². The third-order valence-corrected chi connectivity index (χ3v) is 8.50. The smallest absolute Gasteiger partial charge is 0.309 e. The molecule has 0 fully saturated rings. The molecule has 0 heterocycles. The van der Waals surface area contributed by atoms with Crippen molar-refractivity contribution in [3.63, 3.8) is 0 Å². The van der Waals surface area contributed by atoms with Gasteiger partial charge in [0.05, 0.1) is 6.67 Å². The van der Waals surface area contributed by atoms with Crippen LogP contribution in [0.3, 0.4) is 0 Å². The fraction of sp³-hybridized carbons (Fsp3) is 0.421. The van der Waals surface area contributed by atoms with E-state index in [0.29, 0.717) is 15.9 Å². The third kappa shape index (κ3) is 10.3. The number of carbonyl (C=O) groups is 1. The van der Waals surface area contributed by atoms with Crippen LogP contribution in [0.4, 0.5) is 4.39 Å². The molecule has 1 aliphatic rings. The van der Waals surface area contributed by atoms with Crippen LogP contribution in [0.2, 0.25) is 10.0 Å². The van der Waals surface area contributed by atoms with E-state index in [9.17, 15) is 9.18 Å². The molecule has 236 valence electrons. The normalized spacial score (nSPS) is 13.9. The molecule has 0 radical (unpaired) electrons. The zero-order valence-electron chi connectivity index (χ0n) is 26.8. The second kappa shape index (κ2) is 18.1. The predicted octanol–water partition coefficient (Wildman–Crippen LogP) is 11.5. The Labute approximate surface area is 273 Å². The quantitative estimate of drug-likeness (QED) is 0.0959. The number of hydrogen-bond acceptors (Lipinski definition) is 3. The lowest BCUT2D eigenvalue weighted by Crippen LogP contribution is -2.11. The van der Waals surface area contributed by atoms with Gasteiger partial charge in [0.25, 0.3) is 0 Å². The summed E-state index contributed by atoms with van der Waals surface area (Å²) < 4.78 is 17.0. The van der Waals surface area contributed by atoms with Crippen molar-refractivity contribution in [2.24, 2.45) is 10.9 Å². The van der Waals surface area contributed by atoms with Crippen molar-refractivity contribution in [1.29, 1.82) is 0 Å². The van der Waals surface area contributed by atoms with Crippen molar-refractivity contribution in [2.75, 3.05) is 13.7 Å². The largest absolute Gasteiger partial charge is 0.407 e. The highest BCUT2D eigenvalue weighted by molar-refractivity contribution is 6.36. The number of alkyl halides is 1. The fourth-order valence-electron chi connectivity index (χ4n) is 5.75. The first kappa shape index (κ1) is 35.5. The van der Waals surface area contributed by atoms with Crippen LogP contribution < -0.4 is 0 Å². The van der Waals surface area contributed by atoms with Crippen LogP contribution in [0.5, 0.6) is 0 Å². The molecule has 0 aliphatic heterocycles. The predicted molar refractivity (Wildman–Crippen MR) is 186 cm³/mol. The highest BCUT2D eigenvalue weighted by Gasteiger charge is 2.23. The number of halogens is 3. The Morgan fingerprint density at radius 1 is 0.955 bits per heavy atom. The average Bonchev–Trinajstić information content (AvgIpc) is 3.18. The van der Waals surface area contributed by atoms with Crippen LogP contribution in [0.25, 0.3) is 11.1 Å². The molecule has 1 atom stereocenters. The van der Waals surface area contributed by atoms with Crippen molar-refractivity contribution in [3.8, 4) is 0 Å². The van der Waals surface area contributed by atoms with Gasteiger partial charge >= 0.3 is 5.97 Å². The molecule has 0 saturated carbocycles. The van der Waals surface area contributed by atoms with Crippen molar-refractivity contribution in [1.82, 2.24) is 0 Å². The molecule has 0 spiro atoms. The molecular formula is C38H46Cl2FNO2. The molecule has 0 aromatic heterocycles. The lowest BCUT2D eigenvalue weighted by molar-refractivity contribution is -0.132. The summed E-state index contributed by atoms with van der Waals surface area (Å²) in [4.78, 5) is 15.7. The number of benzene rings is 3. The van der Waals surface area contributed by atoms with Gasteiger partial charge in [-0.15, -0.1) is 0 Å². The van der Waals surface area contributed by atoms with E-state index < -0.39 is 0 Å². The number of fused-ring (bicyclic) bond motifs is 1. The molecular weight excluding hydrogens is 592 g/mol. The van der Waals surface area contributed by atoms with Gasteiger partial charge in [0.1, 0.15) is 0 Å². The summed E-state index contributed by atoms with van der Waals surface area (Å²) in [7, 11) is 1.63. The van der Waals surface area contributed by atoms with Gasteiger partial charge < -0.3 is 4.74 Å². The molecule has 3 nitrogen and oxygen atoms in total. The number of unbranched alkanes of at least 4 members (excludes halogenated alkanes) is 2. The maximum atomic E-state index is 11.7. The SMILES string of the molecule is CCCC(C)CCCCCF.CN=C(OC(C)=O)c1ccc2c(c1)CCCC(c1ccc(Cl)cc1Cl)=C2c1ccc(C)cc1. The molecule has 44 heavy (non-hydrogen) atoms. The molecule has 3 aromatic carbocycles. The van der Waals surface area contributed by atoms with E-state index in [-0.39, 0.29) is 12.6 Å². The fourth-order valence-corrected chi connectivity index (χ4v) is 6.27. The van der Waals surface area contributed by atoms with Crippen LogP contribution in [0, 0.1) is 12.8 Å². The van der Waals surface area contributed by atoms with Crippen molar-refractivity contribution in [3.05, 3.63) is 104 Å². The first-order valence-electron chi connectivity index (χ1n) is 15.8. The third-order valence-electron chi connectivity index (χ3n) is 7.95. The average molecular weight is 639 g/mol. The van der Waals surface area contributed by atoms with E-state index in [0.717, 1.165) is 60.3 Å². The Hall–Kier alpha value is -2.95. The number of carbonyl (C=O) groups excluding carboxylic acids is 1. The first-order valence-corrected chi connectivity index (χ1v) is 16.5. The van der Waals surface area contributed by atoms with Gasteiger partial charge in [-0.05, 0) is 96.2 Å². The number of esters is 1. The summed E-state index contributed by atoms with van der Waals surface area (Å²) in [5.41, 5.74) is 8.86. The molecule has 6 heteroatoms. The molecule has 0 saturated heterocycles. The highest BCUT2D eigenvalue weighted by atomic mass is 35.5. The summed E-state index contributed by atoms with van der Waals surface area (Å²) in [5, 5.41) is 1.27. The van der Waals surface area contributed by atoms with Gasteiger partial charge in [-0.3, -0.25) is 14.2 Å². The van der Waals surface area contributed by atoms with E-state index in [1.807, 2.05) is 18.2 Å². The van der Waals surface area contributed by atoms with Crippen LogP contribution in [0.15, 0.2) is 65.7 Å². The van der Waals surface area contributed by atoms with Gasteiger partial charge in [-0.25, -0.2) is 0 Å². The van der Waals surface area contributed by atoms with Gasteiger partial charge in [0.15, 0.2) is 0 Å². The Bertz CT molecular complexity index is 1450. The van der Waals surface area contributed by atoms with E-state index in [1.54, 1.807) is 13.1 Å². The number of aryl methyl sites for hydroxylation is 2. The summed E-state index contributed by atoms with van der Waals surface area (Å²) in [6, 6.07) is 20.4. The summed E-state index contributed by atoms with van der Waals surface area (Å²) in [6.07, 6.45) is 9.69. The molecule has 0 N–H and O–H groups in total. The first-order chi connectivity index (χ1) is 21.2. The Balaban J connectivity index is 0.000000411. The van der Waals surface area contributed by atoms with E-state index in [4.69, 9.17) is 27.9 Å². The number of rotatable bonds is 10. The lowest BCUT2D eigenvalue weighted by Gasteiger charge is -2.18. The number of nitrogens with zero attached hydrogens (tertiary/aromatic N) is 1. The number of aliphatic imine (C=N–C) groups is 1. The molecule has 0 amide bonds. The summed E-state index contributed by atoms with van der Waals surface area (Å²) in [5.74, 6) is 0.793. The van der Waals surface area contributed by atoms with Gasteiger partial charge in [0, 0.05) is 29.6 Å². The zero-order valence-corrected chi connectivity index (χ0v) is 28.3. The number of ether oxygens (including phenoxy) is 1. The van der Waals surface area contributed by atoms with E-state index in [1.165, 1.54) is 54.9 Å². The molecule has 3 aromatic rings. The summed E-state index contributed by atoms with van der Waals surface area (Å²) >= 11 is 12.9. The number of allylic oxidation sites excluding steroid dienone is 1. The Kier molecular flexibility index (Phi) is 14.6. The van der Waals surface area contributed by atoms with Crippen LogP contribution in [-0.4, -0.2) is 25.6 Å². The highest BCUT2D eigenvalue weighted by Crippen LogP contribution is 2.42. The van der Waals surface area contributed by atoms with E-state index in [2.05, 4.69) is 62.2 Å². The van der Waals surface area contributed by atoms with Crippen LogP contribution >= 0.6 is 23.2 Å². The van der Waals surface area contributed by atoms with Crippen molar-refractivity contribution < 1.29 is 13.9 Å². The minimum atomic E-state index is -0.384. The lowest BCUT2D eigenvalue weighted by atomic mass is 9.87. The molecule has 1 unspecified atom stereocenters. The maximum absolute atomic E-state index is 11.7. The van der Waals surface area contributed by atoms with Crippen LogP contribution in [0.1, 0.15) is 106 Å². The Morgan fingerprint density at radius 3 is 2.32 bits per heavy atom. The number of hydrogen-bond donors (Lipinski definition) is 0. The molecule has 0 bridgehead atoms. The minimum Gasteiger partial charge on any atom is -0.407 e. The summed E-state index contributed by atoms with van der Waals surface area (Å²) in [6.45, 7) is 7.84. The second-order valence-electron chi connectivity index (χ2n) is 11.6. The minimum absolute atomic E-state index is 0.137. The topological polar surface area (TPSA) is 38.7 Å². The van der Waals surface area contributed by atoms with Gasteiger partial charge in [0.2, 0.25) is 5.90 Å². The second-order valence-corrected chi connectivity index (χ2v) is 12.5. The molecule has 1 aliphatic carbocycles. The monoisotopic (exact) mass is 637 g/mol.